The number of rotatable bonds is 7. The van der Waals surface area contributed by atoms with Crippen LogP contribution in [-0.4, -0.2) is 25.3 Å². The first-order chi connectivity index (χ1) is 20.2. The second-order valence-corrected chi connectivity index (χ2v) is 10.9. The molecule has 0 saturated carbocycles. The minimum absolute atomic E-state index is 0.0709. The molecule has 4 N–H and O–H groups in total. The van der Waals surface area contributed by atoms with E-state index in [1.54, 1.807) is 18.2 Å². The number of hydrogen-bond donors (Lipinski definition) is 4. The van der Waals surface area contributed by atoms with E-state index in [9.17, 15) is 19.7 Å². The van der Waals surface area contributed by atoms with Crippen LogP contribution in [0.15, 0.2) is 97.3 Å². The number of non-ortho nitro benzene ring substituents is 1. The molecular weight excluding hydrogens is 602 g/mol. The number of H-pyrrole nitrogens is 4. The molecule has 10 nitrogen and oxygen atoms in total. The molecule has 0 saturated heterocycles. The van der Waals surface area contributed by atoms with Gasteiger partial charge in [0.25, 0.3) is 16.8 Å². The van der Waals surface area contributed by atoms with Crippen molar-refractivity contribution in [2.24, 2.45) is 0 Å². The molecule has 0 aliphatic heterocycles. The van der Waals surface area contributed by atoms with Crippen molar-refractivity contribution in [1.29, 1.82) is 0 Å². The lowest BCUT2D eigenvalue weighted by Gasteiger charge is -2.15. The fourth-order valence-electron chi connectivity index (χ4n) is 5.08. The maximum Gasteiger partial charge on any atom is 0.270 e. The zero-order valence-corrected chi connectivity index (χ0v) is 24.0. The Hall–Kier alpha value is -5.16. The molecule has 0 bridgehead atoms. The number of nitro benzene ring substituents is 1. The second kappa shape index (κ2) is 10.7. The highest BCUT2D eigenvalue weighted by molar-refractivity contribution is 9.10. The van der Waals surface area contributed by atoms with Crippen molar-refractivity contribution in [3.63, 3.8) is 0 Å². The highest BCUT2D eigenvalue weighted by Crippen LogP contribution is 2.41. The molecule has 0 aliphatic carbocycles. The molecule has 0 amide bonds. The standard InChI is InChI=1S/C31H24BrN5O5/c1-16-3-7-18(8-4-16)28-26(30(38)35-33-28)25(27-29(34-36-31(27)39)19-9-5-17(2)6-10-19)24-14-13-23(42-24)21-12-11-20(37(40)41)15-22(21)32/h3-15,25H,1-2H3,(H2,33,35,38)(H2,34,36,39). The first-order valence-corrected chi connectivity index (χ1v) is 13.8. The van der Waals surface area contributed by atoms with Gasteiger partial charge in [0.05, 0.1) is 33.4 Å². The quantitative estimate of drug-likeness (QED) is 0.114. The minimum Gasteiger partial charge on any atom is -0.460 e. The molecule has 6 aromatic rings. The zero-order chi connectivity index (χ0) is 29.5. The summed E-state index contributed by atoms with van der Waals surface area (Å²) in [5.74, 6) is -0.176. The highest BCUT2D eigenvalue weighted by atomic mass is 79.9. The summed E-state index contributed by atoms with van der Waals surface area (Å²) in [7, 11) is 0. The summed E-state index contributed by atoms with van der Waals surface area (Å²) in [6.07, 6.45) is 0. The number of halogens is 1. The summed E-state index contributed by atoms with van der Waals surface area (Å²) in [5, 5.41) is 22.6. The predicted octanol–water partition coefficient (Wildman–Crippen LogP) is 6.78. The van der Waals surface area contributed by atoms with E-state index in [0.717, 1.165) is 22.3 Å². The SMILES string of the molecule is Cc1ccc(-c2[nH][nH]c(=O)c2C(c2ccc(-c3ccc([N+](=O)[O-])cc3Br)o2)c2c(-c3ccc(C)cc3)[nH][nH]c2=O)cc1. The van der Waals surface area contributed by atoms with E-state index in [1.807, 2.05) is 62.4 Å². The fraction of sp³-hybridized carbons (Fsp3) is 0.0968. The molecule has 210 valence electrons. The molecule has 0 radical (unpaired) electrons. The Bertz CT molecular complexity index is 1950. The van der Waals surface area contributed by atoms with Crippen LogP contribution < -0.4 is 11.1 Å². The first kappa shape index (κ1) is 27.0. The number of aromatic amines is 4. The average Bonchev–Trinajstić information content (AvgIpc) is 3.70. The van der Waals surface area contributed by atoms with E-state index >= 15 is 0 Å². The number of aryl methyl sites for hydroxylation is 2. The Morgan fingerprint density at radius 3 is 1.74 bits per heavy atom. The molecule has 0 unspecified atom stereocenters. The van der Waals surface area contributed by atoms with Crippen LogP contribution in [-0.2, 0) is 0 Å². The van der Waals surface area contributed by atoms with E-state index in [2.05, 4.69) is 36.3 Å². The van der Waals surface area contributed by atoms with Crippen molar-refractivity contribution in [2.75, 3.05) is 0 Å². The Morgan fingerprint density at radius 2 is 1.26 bits per heavy atom. The van der Waals surface area contributed by atoms with Crippen molar-refractivity contribution in [3.8, 4) is 33.8 Å². The summed E-state index contributed by atoms with van der Waals surface area (Å²) in [4.78, 5) is 37.8. The minimum atomic E-state index is -0.923. The van der Waals surface area contributed by atoms with E-state index in [4.69, 9.17) is 4.42 Å². The molecule has 6 rings (SSSR count). The van der Waals surface area contributed by atoms with Gasteiger partial charge in [-0.3, -0.25) is 40.1 Å². The average molecular weight is 626 g/mol. The van der Waals surface area contributed by atoms with Crippen LogP contribution in [0.25, 0.3) is 33.8 Å². The third-order valence-electron chi connectivity index (χ3n) is 7.23. The van der Waals surface area contributed by atoms with Crippen LogP contribution in [0.5, 0.6) is 0 Å². The maximum absolute atomic E-state index is 13.5. The van der Waals surface area contributed by atoms with E-state index in [1.165, 1.54) is 12.1 Å². The summed E-state index contributed by atoms with van der Waals surface area (Å²) >= 11 is 3.41. The maximum atomic E-state index is 13.5. The Labute approximate surface area is 246 Å². The zero-order valence-electron chi connectivity index (χ0n) is 22.4. The van der Waals surface area contributed by atoms with E-state index < -0.39 is 22.0 Å². The molecular formula is C31H24BrN5O5. The van der Waals surface area contributed by atoms with Gasteiger partial charge in [0, 0.05) is 22.2 Å². The number of nitrogens with zero attached hydrogens (tertiary/aromatic N) is 1. The van der Waals surface area contributed by atoms with E-state index in [-0.39, 0.29) is 5.69 Å². The van der Waals surface area contributed by atoms with Crippen LogP contribution in [0.4, 0.5) is 5.69 Å². The van der Waals surface area contributed by atoms with Gasteiger partial charge in [-0.15, -0.1) is 0 Å². The third kappa shape index (κ3) is 4.83. The smallest absolute Gasteiger partial charge is 0.270 e. The fourth-order valence-corrected chi connectivity index (χ4v) is 5.64. The molecule has 3 aromatic heterocycles. The van der Waals surface area contributed by atoms with Crippen molar-refractivity contribution in [3.05, 3.63) is 142 Å². The third-order valence-corrected chi connectivity index (χ3v) is 7.88. The Morgan fingerprint density at radius 1 is 0.738 bits per heavy atom. The van der Waals surface area contributed by atoms with Gasteiger partial charge in [-0.25, -0.2) is 0 Å². The number of nitrogens with one attached hydrogen (secondary N) is 4. The topological polar surface area (TPSA) is 154 Å². The number of aromatic nitrogens is 4. The first-order valence-electron chi connectivity index (χ1n) is 13.0. The molecule has 0 fully saturated rings. The van der Waals surface area contributed by atoms with Crippen LogP contribution >= 0.6 is 15.9 Å². The predicted molar refractivity (Wildman–Crippen MR) is 163 cm³/mol. The second-order valence-electron chi connectivity index (χ2n) is 10.0. The van der Waals surface area contributed by atoms with Crippen LogP contribution in [0.1, 0.15) is 33.9 Å². The molecule has 0 spiro atoms. The lowest BCUT2D eigenvalue weighted by molar-refractivity contribution is -0.384. The summed E-state index contributed by atoms with van der Waals surface area (Å²) in [6.45, 7) is 3.95. The number of benzene rings is 3. The van der Waals surface area contributed by atoms with Gasteiger partial charge in [0.15, 0.2) is 0 Å². The Balaban J connectivity index is 1.58. The van der Waals surface area contributed by atoms with Crippen molar-refractivity contribution >= 4 is 21.6 Å². The lowest BCUT2D eigenvalue weighted by atomic mass is 9.86. The van der Waals surface area contributed by atoms with Gasteiger partial charge in [0.2, 0.25) is 0 Å². The van der Waals surface area contributed by atoms with Crippen LogP contribution in [0.2, 0.25) is 0 Å². The normalized spacial score (nSPS) is 11.3. The molecule has 0 atom stereocenters. The van der Waals surface area contributed by atoms with E-state index in [0.29, 0.717) is 44.1 Å². The Kier molecular flexibility index (Phi) is 6.87. The largest absolute Gasteiger partial charge is 0.460 e. The van der Waals surface area contributed by atoms with Crippen molar-refractivity contribution < 1.29 is 9.34 Å². The van der Waals surface area contributed by atoms with Gasteiger partial charge in [-0.1, -0.05) is 59.7 Å². The lowest BCUT2D eigenvalue weighted by Crippen LogP contribution is -2.19. The van der Waals surface area contributed by atoms with Crippen LogP contribution in [0.3, 0.4) is 0 Å². The number of furan rings is 1. The molecule has 11 heteroatoms. The molecule has 0 aliphatic rings. The van der Waals surface area contributed by atoms with Crippen molar-refractivity contribution in [1.82, 2.24) is 20.4 Å². The van der Waals surface area contributed by atoms with Gasteiger partial charge in [-0.05, 0) is 59.1 Å². The number of hydrogen-bond acceptors (Lipinski definition) is 5. The molecule has 42 heavy (non-hydrogen) atoms. The van der Waals surface area contributed by atoms with Crippen molar-refractivity contribution in [2.45, 2.75) is 19.8 Å². The monoisotopic (exact) mass is 625 g/mol. The van der Waals surface area contributed by atoms with Gasteiger partial charge >= 0.3 is 0 Å². The molecule has 3 heterocycles. The number of nitro groups is 1. The van der Waals surface area contributed by atoms with Crippen LogP contribution in [0, 0.1) is 24.0 Å². The molecule has 3 aromatic carbocycles. The van der Waals surface area contributed by atoms with Gasteiger partial charge in [0.1, 0.15) is 11.5 Å². The summed E-state index contributed by atoms with van der Waals surface area (Å²) in [6, 6.07) is 23.2. The van der Waals surface area contributed by atoms with Gasteiger partial charge in [-0.2, -0.15) is 0 Å². The summed E-state index contributed by atoms with van der Waals surface area (Å²) in [5.41, 5.74) is 4.99. The summed E-state index contributed by atoms with van der Waals surface area (Å²) < 4.78 is 6.82. The van der Waals surface area contributed by atoms with Gasteiger partial charge < -0.3 is 4.42 Å². The highest BCUT2D eigenvalue weighted by Gasteiger charge is 2.33.